The van der Waals surface area contributed by atoms with Gasteiger partial charge in [0.2, 0.25) is 5.91 Å². The summed E-state index contributed by atoms with van der Waals surface area (Å²) in [6.07, 6.45) is 2.14. The second-order valence-corrected chi connectivity index (χ2v) is 9.20. The van der Waals surface area contributed by atoms with Crippen molar-refractivity contribution in [3.63, 3.8) is 0 Å². The number of nitrogens with zero attached hydrogens (tertiary/aromatic N) is 4. The number of aromatic nitrogens is 3. The minimum absolute atomic E-state index is 0.00813. The van der Waals surface area contributed by atoms with Gasteiger partial charge in [-0.2, -0.15) is 5.10 Å². The van der Waals surface area contributed by atoms with Crippen LogP contribution >= 0.6 is 0 Å². The van der Waals surface area contributed by atoms with E-state index in [9.17, 15) is 4.79 Å². The largest absolute Gasteiger partial charge is 0.355 e. The number of likely N-dealkylation sites (tertiary alicyclic amines) is 1. The van der Waals surface area contributed by atoms with Crippen LogP contribution in [0, 0.1) is 27.7 Å². The molecule has 1 saturated heterocycles. The van der Waals surface area contributed by atoms with E-state index in [0.29, 0.717) is 12.5 Å². The monoisotopic (exact) mass is 446 g/mol. The average molecular weight is 447 g/mol. The molecule has 33 heavy (non-hydrogen) atoms. The molecule has 1 atom stereocenters. The third-order valence-electron chi connectivity index (χ3n) is 6.38. The number of hydrogen-bond acceptors (Lipinski definition) is 5. The lowest BCUT2D eigenvalue weighted by Crippen LogP contribution is -2.40. The quantitative estimate of drug-likeness (QED) is 0.578. The number of nitrogens with one attached hydrogen (secondary N) is 2. The fourth-order valence-corrected chi connectivity index (χ4v) is 4.56. The van der Waals surface area contributed by atoms with Gasteiger partial charge in [-0.15, -0.1) is 0 Å². The summed E-state index contributed by atoms with van der Waals surface area (Å²) in [5.41, 5.74) is 8.09. The Bertz CT molecular complexity index is 1130. The normalized spacial score (nSPS) is 16.6. The van der Waals surface area contributed by atoms with Crippen LogP contribution in [0.4, 0.5) is 17.1 Å². The molecule has 7 heteroatoms. The van der Waals surface area contributed by atoms with Crippen molar-refractivity contribution in [3.05, 3.63) is 64.7 Å². The van der Waals surface area contributed by atoms with Crippen LogP contribution in [0.15, 0.2) is 36.4 Å². The standard InChI is InChI=1S/C26H34N6O/c1-17-8-10-22(11-9-17)28-23-13-18(2)27-24(14-23)21-7-6-12-32(15-21)16-25(33)29-26-19(3)30-31(5)20(26)4/h8-11,13-14,21H,6-7,12,15-16H2,1-5H3,(H,27,28)(H,29,33). The number of anilines is 3. The summed E-state index contributed by atoms with van der Waals surface area (Å²) >= 11 is 0. The van der Waals surface area contributed by atoms with E-state index in [4.69, 9.17) is 4.98 Å². The molecular formula is C26H34N6O. The van der Waals surface area contributed by atoms with Crippen LogP contribution in [0.5, 0.6) is 0 Å². The summed E-state index contributed by atoms with van der Waals surface area (Å²) in [4.78, 5) is 19.8. The van der Waals surface area contributed by atoms with Crippen LogP contribution in [0.3, 0.4) is 0 Å². The fourth-order valence-electron chi connectivity index (χ4n) is 4.56. The fraction of sp³-hybridized carbons (Fsp3) is 0.423. The van der Waals surface area contributed by atoms with Crippen molar-refractivity contribution in [2.75, 3.05) is 30.3 Å². The molecule has 1 aliphatic rings. The van der Waals surface area contributed by atoms with Gasteiger partial charge in [0.1, 0.15) is 0 Å². The first-order valence-corrected chi connectivity index (χ1v) is 11.6. The molecule has 0 spiro atoms. The van der Waals surface area contributed by atoms with E-state index in [-0.39, 0.29) is 5.91 Å². The smallest absolute Gasteiger partial charge is 0.238 e. The number of hydrogen-bond donors (Lipinski definition) is 2. The van der Waals surface area contributed by atoms with Crippen LogP contribution in [-0.4, -0.2) is 45.2 Å². The first-order chi connectivity index (χ1) is 15.8. The Labute approximate surface area is 196 Å². The van der Waals surface area contributed by atoms with E-state index < -0.39 is 0 Å². The first kappa shape index (κ1) is 23.0. The predicted octanol–water partition coefficient (Wildman–Crippen LogP) is 4.61. The second kappa shape index (κ2) is 9.75. The highest BCUT2D eigenvalue weighted by Gasteiger charge is 2.25. The van der Waals surface area contributed by atoms with Gasteiger partial charge >= 0.3 is 0 Å². The maximum absolute atomic E-state index is 12.8. The number of amides is 1. The molecule has 2 N–H and O–H groups in total. The van der Waals surface area contributed by atoms with Crippen LogP contribution in [0.2, 0.25) is 0 Å². The Balaban J connectivity index is 1.42. The molecule has 2 aromatic heterocycles. The zero-order valence-corrected chi connectivity index (χ0v) is 20.3. The summed E-state index contributed by atoms with van der Waals surface area (Å²) < 4.78 is 1.80. The van der Waals surface area contributed by atoms with Crippen molar-refractivity contribution >= 4 is 23.0 Å². The molecule has 1 amide bonds. The van der Waals surface area contributed by atoms with Gasteiger partial charge in [0, 0.05) is 42.3 Å². The van der Waals surface area contributed by atoms with E-state index in [1.54, 1.807) is 4.68 Å². The molecule has 1 aliphatic heterocycles. The van der Waals surface area contributed by atoms with Gasteiger partial charge in [-0.3, -0.25) is 19.4 Å². The zero-order chi connectivity index (χ0) is 23.5. The summed E-state index contributed by atoms with van der Waals surface area (Å²) in [6.45, 7) is 10.2. The number of aryl methyl sites for hydroxylation is 4. The minimum Gasteiger partial charge on any atom is -0.355 e. The van der Waals surface area contributed by atoms with E-state index in [2.05, 4.69) is 64.0 Å². The van der Waals surface area contributed by atoms with Crippen molar-refractivity contribution in [2.45, 2.75) is 46.5 Å². The SMILES string of the molecule is Cc1ccc(Nc2cc(C)nc(C3CCCN(CC(=O)Nc4c(C)nn(C)c4C)C3)c2)cc1. The molecule has 3 heterocycles. The van der Waals surface area contributed by atoms with Gasteiger partial charge in [0.05, 0.1) is 23.6 Å². The Morgan fingerprint density at radius 2 is 1.85 bits per heavy atom. The topological polar surface area (TPSA) is 75.1 Å². The molecule has 174 valence electrons. The highest BCUT2D eigenvalue weighted by molar-refractivity contribution is 5.93. The Hall–Kier alpha value is -3.19. The van der Waals surface area contributed by atoms with Gasteiger partial charge in [-0.25, -0.2) is 0 Å². The predicted molar refractivity (Wildman–Crippen MR) is 133 cm³/mol. The van der Waals surface area contributed by atoms with Crippen LogP contribution in [0.1, 0.15) is 47.1 Å². The van der Waals surface area contributed by atoms with Gasteiger partial charge < -0.3 is 10.6 Å². The molecule has 4 rings (SSSR count). The highest BCUT2D eigenvalue weighted by atomic mass is 16.2. The van der Waals surface area contributed by atoms with E-state index in [1.807, 2.05) is 27.8 Å². The van der Waals surface area contributed by atoms with E-state index >= 15 is 0 Å². The molecular weight excluding hydrogens is 412 g/mol. The number of carbonyl (C=O) groups excluding carboxylic acids is 1. The van der Waals surface area contributed by atoms with Crippen molar-refractivity contribution in [3.8, 4) is 0 Å². The van der Waals surface area contributed by atoms with Crippen molar-refractivity contribution in [1.82, 2.24) is 19.7 Å². The van der Waals surface area contributed by atoms with Crippen LogP contribution < -0.4 is 10.6 Å². The molecule has 1 unspecified atom stereocenters. The van der Waals surface area contributed by atoms with Gasteiger partial charge in [0.25, 0.3) is 0 Å². The number of benzene rings is 1. The third-order valence-corrected chi connectivity index (χ3v) is 6.38. The summed E-state index contributed by atoms with van der Waals surface area (Å²) in [5, 5.41) is 11.0. The van der Waals surface area contributed by atoms with Crippen molar-refractivity contribution in [2.24, 2.45) is 7.05 Å². The molecule has 0 bridgehead atoms. The number of rotatable bonds is 6. The maximum atomic E-state index is 12.8. The average Bonchev–Trinajstić information content (AvgIpc) is 3.01. The van der Waals surface area contributed by atoms with E-state index in [1.165, 1.54) is 5.56 Å². The molecule has 0 aliphatic carbocycles. The minimum atomic E-state index is 0.00813. The summed E-state index contributed by atoms with van der Waals surface area (Å²) in [7, 11) is 1.89. The zero-order valence-electron chi connectivity index (χ0n) is 20.3. The second-order valence-electron chi connectivity index (χ2n) is 9.20. The summed E-state index contributed by atoms with van der Waals surface area (Å²) in [5.74, 6) is 0.320. The lowest BCUT2D eigenvalue weighted by molar-refractivity contribution is -0.117. The maximum Gasteiger partial charge on any atom is 0.238 e. The highest BCUT2D eigenvalue weighted by Crippen LogP contribution is 2.29. The molecule has 7 nitrogen and oxygen atoms in total. The lowest BCUT2D eigenvalue weighted by atomic mass is 9.93. The van der Waals surface area contributed by atoms with Gasteiger partial charge in [-0.05, 0) is 71.3 Å². The van der Waals surface area contributed by atoms with E-state index in [0.717, 1.165) is 65.8 Å². The van der Waals surface area contributed by atoms with Gasteiger partial charge in [-0.1, -0.05) is 17.7 Å². The van der Waals surface area contributed by atoms with Crippen molar-refractivity contribution in [1.29, 1.82) is 0 Å². The molecule has 1 fully saturated rings. The summed E-state index contributed by atoms with van der Waals surface area (Å²) in [6, 6.07) is 12.6. The van der Waals surface area contributed by atoms with Crippen LogP contribution in [-0.2, 0) is 11.8 Å². The molecule has 1 aromatic carbocycles. The molecule has 0 radical (unpaired) electrons. The van der Waals surface area contributed by atoms with Gasteiger partial charge in [0.15, 0.2) is 0 Å². The number of pyridine rings is 1. The molecule has 3 aromatic rings. The Morgan fingerprint density at radius 1 is 1.09 bits per heavy atom. The number of piperidine rings is 1. The van der Waals surface area contributed by atoms with Crippen LogP contribution in [0.25, 0.3) is 0 Å². The Morgan fingerprint density at radius 3 is 2.55 bits per heavy atom. The third kappa shape index (κ3) is 5.60. The first-order valence-electron chi connectivity index (χ1n) is 11.6. The lowest BCUT2D eigenvalue weighted by Gasteiger charge is -2.32. The van der Waals surface area contributed by atoms with Crippen molar-refractivity contribution < 1.29 is 4.79 Å². The number of carbonyl (C=O) groups is 1. The Kier molecular flexibility index (Phi) is 6.79. The molecule has 0 saturated carbocycles.